The van der Waals surface area contributed by atoms with Crippen molar-refractivity contribution in [3.8, 4) is 0 Å². The normalized spacial score (nSPS) is 10.6. The van der Waals surface area contributed by atoms with Gasteiger partial charge in [-0.1, -0.05) is 12.1 Å². The molecule has 2 heterocycles. The number of aromatic nitrogens is 4. The number of benzene rings is 1. The van der Waals surface area contributed by atoms with Gasteiger partial charge in [-0.2, -0.15) is 5.10 Å². The fourth-order valence-electron chi connectivity index (χ4n) is 2.64. The first-order valence-electron chi connectivity index (χ1n) is 8.37. The van der Waals surface area contributed by atoms with Crippen LogP contribution in [0.2, 0.25) is 0 Å². The van der Waals surface area contributed by atoms with E-state index in [1.807, 2.05) is 24.5 Å². The van der Waals surface area contributed by atoms with Crippen LogP contribution < -0.4 is 5.32 Å². The number of amides is 1. The first-order chi connectivity index (χ1) is 13.0. The van der Waals surface area contributed by atoms with Crippen LogP contribution in [0.4, 0.5) is 5.69 Å². The molecule has 0 aliphatic carbocycles. The number of hydrogen-bond donors (Lipinski definition) is 1. The van der Waals surface area contributed by atoms with Crippen LogP contribution in [0.1, 0.15) is 23.1 Å². The van der Waals surface area contributed by atoms with E-state index in [4.69, 9.17) is 17.0 Å². The van der Waals surface area contributed by atoms with Gasteiger partial charge < -0.3 is 10.1 Å². The van der Waals surface area contributed by atoms with Gasteiger partial charge in [0.25, 0.3) is 0 Å². The maximum absolute atomic E-state index is 12.5. The van der Waals surface area contributed by atoms with E-state index in [0.717, 1.165) is 0 Å². The van der Waals surface area contributed by atoms with Gasteiger partial charge >= 0.3 is 5.97 Å². The fraction of sp³-hybridized carbons (Fsp3) is 0.222. The van der Waals surface area contributed by atoms with Crippen molar-refractivity contribution in [2.75, 3.05) is 11.9 Å². The van der Waals surface area contributed by atoms with E-state index in [9.17, 15) is 9.59 Å². The van der Waals surface area contributed by atoms with E-state index < -0.39 is 5.97 Å². The number of carbonyl (C=O) groups excluding carboxylic acids is 2. The van der Waals surface area contributed by atoms with Gasteiger partial charge in [-0.3, -0.25) is 9.47 Å². The summed E-state index contributed by atoms with van der Waals surface area (Å²) >= 11 is 5.43. The molecular formula is C18H19N5O3S. The minimum atomic E-state index is -0.488. The molecule has 0 saturated carbocycles. The van der Waals surface area contributed by atoms with Crippen LogP contribution >= 0.6 is 12.2 Å². The molecule has 3 rings (SSSR count). The van der Waals surface area contributed by atoms with Gasteiger partial charge in [-0.15, -0.1) is 0 Å². The maximum atomic E-state index is 12.5. The molecule has 9 heteroatoms. The second-order valence-electron chi connectivity index (χ2n) is 5.68. The molecule has 0 atom stereocenters. The van der Waals surface area contributed by atoms with Gasteiger partial charge in [-0.05, 0) is 50.3 Å². The number of rotatable bonds is 6. The molecule has 0 fully saturated rings. The van der Waals surface area contributed by atoms with Crippen molar-refractivity contribution in [3.05, 3.63) is 65.0 Å². The first-order valence-corrected chi connectivity index (χ1v) is 8.78. The second kappa shape index (κ2) is 8.00. The summed E-state index contributed by atoms with van der Waals surface area (Å²) in [5.41, 5.74) is 0.680. The lowest BCUT2D eigenvalue weighted by Gasteiger charge is -2.10. The highest BCUT2D eigenvalue weighted by atomic mass is 32.1. The Morgan fingerprint density at radius 2 is 1.89 bits per heavy atom. The van der Waals surface area contributed by atoms with Gasteiger partial charge in [0.15, 0.2) is 0 Å². The van der Waals surface area contributed by atoms with Gasteiger partial charge in [0.2, 0.25) is 10.7 Å². The van der Waals surface area contributed by atoms with E-state index in [1.165, 1.54) is 4.68 Å². The Labute approximate surface area is 161 Å². The Morgan fingerprint density at radius 1 is 1.19 bits per heavy atom. The smallest absolute Gasteiger partial charge is 0.340 e. The third-order valence-corrected chi connectivity index (χ3v) is 4.17. The van der Waals surface area contributed by atoms with E-state index in [0.29, 0.717) is 21.8 Å². The summed E-state index contributed by atoms with van der Waals surface area (Å²) in [6.45, 7) is 3.71. The Morgan fingerprint density at radius 3 is 2.59 bits per heavy atom. The number of para-hydroxylation sites is 1. The van der Waals surface area contributed by atoms with Crippen molar-refractivity contribution < 1.29 is 14.3 Å². The van der Waals surface area contributed by atoms with Crippen LogP contribution in [0.25, 0.3) is 0 Å². The molecular weight excluding hydrogens is 366 g/mol. The molecule has 2 aromatic heterocycles. The van der Waals surface area contributed by atoms with Gasteiger partial charge in [0, 0.05) is 12.4 Å². The predicted octanol–water partition coefficient (Wildman–Crippen LogP) is 2.65. The molecule has 0 unspecified atom stereocenters. The van der Waals surface area contributed by atoms with Crippen LogP contribution in [0.5, 0.6) is 0 Å². The zero-order valence-electron chi connectivity index (χ0n) is 15.0. The molecule has 1 amide bonds. The number of aryl methyl sites for hydroxylation is 1. The first kappa shape index (κ1) is 18.6. The average Bonchev–Trinajstić information content (AvgIpc) is 3.24. The summed E-state index contributed by atoms with van der Waals surface area (Å²) in [7, 11) is 0. The summed E-state index contributed by atoms with van der Waals surface area (Å²) in [5, 5.41) is 7.06. The summed E-state index contributed by atoms with van der Waals surface area (Å²) in [6.07, 6.45) is 3.68. The fourth-order valence-corrected chi connectivity index (χ4v) is 2.97. The monoisotopic (exact) mass is 385 g/mol. The van der Waals surface area contributed by atoms with Gasteiger partial charge in [0.05, 0.1) is 17.9 Å². The molecule has 0 saturated heterocycles. The highest BCUT2D eigenvalue weighted by molar-refractivity contribution is 7.71. The Balaban J connectivity index is 1.79. The molecule has 1 N–H and O–H groups in total. The molecule has 0 aliphatic heterocycles. The zero-order valence-corrected chi connectivity index (χ0v) is 15.8. The highest BCUT2D eigenvalue weighted by Crippen LogP contribution is 2.16. The largest absolute Gasteiger partial charge is 0.462 e. The number of nitrogens with zero attached hydrogens (tertiary/aromatic N) is 4. The zero-order chi connectivity index (χ0) is 19.4. The predicted molar refractivity (Wildman–Crippen MR) is 102 cm³/mol. The van der Waals surface area contributed by atoms with Crippen LogP contribution in [0.15, 0.2) is 48.8 Å². The Kier molecular flexibility index (Phi) is 5.51. The van der Waals surface area contributed by atoms with E-state index in [-0.39, 0.29) is 19.1 Å². The van der Waals surface area contributed by atoms with Gasteiger partial charge in [-0.25, -0.2) is 14.2 Å². The lowest BCUT2D eigenvalue weighted by molar-refractivity contribution is -0.116. The summed E-state index contributed by atoms with van der Waals surface area (Å²) < 4.78 is 10.3. The van der Waals surface area contributed by atoms with E-state index in [2.05, 4.69) is 10.4 Å². The highest BCUT2D eigenvalue weighted by Gasteiger charge is 2.16. The van der Waals surface area contributed by atoms with Crippen molar-refractivity contribution in [3.63, 3.8) is 0 Å². The Hall–Kier alpha value is -3.20. The second-order valence-corrected chi connectivity index (χ2v) is 6.04. The van der Waals surface area contributed by atoms with Crippen LogP contribution in [0, 0.1) is 11.7 Å². The van der Waals surface area contributed by atoms with Crippen molar-refractivity contribution >= 4 is 29.8 Å². The van der Waals surface area contributed by atoms with Gasteiger partial charge in [0.1, 0.15) is 12.4 Å². The lowest BCUT2D eigenvalue weighted by Crippen LogP contribution is -2.21. The summed E-state index contributed by atoms with van der Waals surface area (Å²) in [4.78, 5) is 24.5. The molecule has 1 aromatic carbocycles. The summed E-state index contributed by atoms with van der Waals surface area (Å²) in [5.74, 6) is -0.186. The van der Waals surface area contributed by atoms with Crippen molar-refractivity contribution in [1.82, 2.24) is 19.1 Å². The number of nitrogens with one attached hydrogen (secondary N) is 1. The molecule has 0 bridgehead atoms. The van der Waals surface area contributed by atoms with Crippen molar-refractivity contribution in [2.24, 2.45) is 0 Å². The molecule has 0 aliphatic rings. The standard InChI is InChI=1S/C18H19N5O3S/c1-3-26-17(25)14-8-4-5-9-15(14)19-16(24)12-22-18(27)23(13(2)20-22)21-10-6-7-11-21/h4-11H,3,12H2,1-2H3,(H,19,24). The minimum absolute atomic E-state index is 0.0783. The molecule has 0 radical (unpaired) electrons. The topological polar surface area (TPSA) is 83.1 Å². The quantitative estimate of drug-likeness (QED) is 0.521. The molecule has 8 nitrogen and oxygen atoms in total. The minimum Gasteiger partial charge on any atom is -0.462 e. The number of carbonyl (C=O) groups is 2. The van der Waals surface area contributed by atoms with Crippen LogP contribution in [-0.2, 0) is 16.1 Å². The van der Waals surface area contributed by atoms with Crippen LogP contribution in [-0.4, -0.2) is 37.6 Å². The maximum Gasteiger partial charge on any atom is 0.340 e. The van der Waals surface area contributed by atoms with E-state index >= 15 is 0 Å². The Bertz CT molecular complexity index is 1020. The third kappa shape index (κ3) is 3.98. The average molecular weight is 385 g/mol. The third-order valence-electron chi connectivity index (χ3n) is 3.78. The number of anilines is 1. The molecule has 0 spiro atoms. The number of ether oxygens (including phenoxy) is 1. The lowest BCUT2D eigenvalue weighted by atomic mass is 10.2. The SMILES string of the molecule is CCOC(=O)c1ccccc1NC(=O)Cn1nc(C)n(-n2cccc2)c1=S. The molecule has 140 valence electrons. The number of hydrogen-bond acceptors (Lipinski definition) is 5. The van der Waals surface area contributed by atoms with E-state index in [1.54, 1.807) is 47.5 Å². The van der Waals surface area contributed by atoms with Crippen LogP contribution in [0.3, 0.4) is 0 Å². The van der Waals surface area contributed by atoms with Crippen molar-refractivity contribution in [2.45, 2.75) is 20.4 Å². The number of esters is 1. The van der Waals surface area contributed by atoms with Crippen molar-refractivity contribution in [1.29, 1.82) is 0 Å². The molecule has 27 heavy (non-hydrogen) atoms. The summed E-state index contributed by atoms with van der Waals surface area (Å²) in [6, 6.07) is 10.4. The molecule has 3 aromatic rings.